The highest BCUT2D eigenvalue weighted by Crippen LogP contribution is 2.25. The highest BCUT2D eigenvalue weighted by Gasteiger charge is 2.29. The Morgan fingerprint density at radius 3 is 2.71 bits per heavy atom. The van der Waals surface area contributed by atoms with Crippen molar-refractivity contribution in [2.75, 3.05) is 7.05 Å². The Morgan fingerprint density at radius 1 is 1.47 bits per heavy atom. The number of likely N-dealkylation sites (N-methyl/N-ethyl adjacent to an activating group) is 1. The number of carbonyl (C=O) groups excluding carboxylic acids is 1. The summed E-state index contributed by atoms with van der Waals surface area (Å²) >= 11 is 0. The van der Waals surface area contributed by atoms with E-state index in [0.29, 0.717) is 12.6 Å². The van der Waals surface area contributed by atoms with Gasteiger partial charge in [0.05, 0.1) is 5.69 Å². The van der Waals surface area contributed by atoms with Crippen LogP contribution in [0, 0.1) is 0 Å². The highest BCUT2D eigenvalue weighted by molar-refractivity contribution is 5.76. The first kappa shape index (κ1) is 12.1. The van der Waals surface area contributed by atoms with Gasteiger partial charge in [-0.1, -0.05) is 13.8 Å². The Labute approximate surface area is 103 Å². The van der Waals surface area contributed by atoms with E-state index in [0.717, 1.165) is 37.1 Å². The molecule has 2 rings (SSSR count). The summed E-state index contributed by atoms with van der Waals surface area (Å²) in [5, 5.41) is 4.47. The first-order chi connectivity index (χ1) is 8.15. The van der Waals surface area contributed by atoms with Crippen LogP contribution in [-0.4, -0.2) is 33.7 Å². The summed E-state index contributed by atoms with van der Waals surface area (Å²) in [4.78, 5) is 13.9. The molecule has 1 amide bonds. The Morgan fingerprint density at radius 2 is 2.18 bits per heavy atom. The molecule has 0 unspecified atom stereocenters. The molecular formula is C13H21N3O. The number of nitrogens with zero attached hydrogens (tertiary/aromatic N) is 3. The molecule has 1 heterocycles. The standard InChI is InChI=1S/C13H21N3O/c1-4-10-8-11(5-2)16(14-10)9-13(17)15(3)12-6-7-12/h8,12H,4-7,9H2,1-3H3. The van der Waals surface area contributed by atoms with Crippen molar-refractivity contribution in [3.8, 4) is 0 Å². The Bertz CT molecular complexity index is 407. The van der Waals surface area contributed by atoms with Crippen LogP contribution in [0.3, 0.4) is 0 Å². The van der Waals surface area contributed by atoms with Crippen LogP contribution in [0.1, 0.15) is 38.1 Å². The fraction of sp³-hybridized carbons (Fsp3) is 0.692. The Balaban J connectivity index is 2.05. The zero-order chi connectivity index (χ0) is 12.4. The molecule has 4 heteroatoms. The molecular weight excluding hydrogens is 214 g/mol. The van der Waals surface area contributed by atoms with E-state index in [1.54, 1.807) is 0 Å². The lowest BCUT2D eigenvalue weighted by Crippen LogP contribution is -2.32. The van der Waals surface area contributed by atoms with Crippen molar-refractivity contribution < 1.29 is 4.79 Å². The van der Waals surface area contributed by atoms with Crippen LogP contribution < -0.4 is 0 Å². The smallest absolute Gasteiger partial charge is 0.244 e. The largest absolute Gasteiger partial charge is 0.341 e. The fourth-order valence-corrected chi connectivity index (χ4v) is 2.01. The van der Waals surface area contributed by atoms with Gasteiger partial charge in [-0.05, 0) is 31.7 Å². The summed E-state index contributed by atoms with van der Waals surface area (Å²) < 4.78 is 1.86. The molecule has 0 N–H and O–H groups in total. The molecule has 17 heavy (non-hydrogen) atoms. The molecule has 0 bridgehead atoms. The lowest BCUT2D eigenvalue weighted by molar-refractivity contribution is -0.131. The number of carbonyl (C=O) groups is 1. The van der Waals surface area contributed by atoms with Crippen LogP contribution in [0.4, 0.5) is 0 Å². The van der Waals surface area contributed by atoms with Crippen molar-refractivity contribution in [3.63, 3.8) is 0 Å². The normalized spacial score (nSPS) is 15.0. The topological polar surface area (TPSA) is 38.1 Å². The minimum atomic E-state index is 0.174. The number of aromatic nitrogens is 2. The summed E-state index contributed by atoms with van der Waals surface area (Å²) in [7, 11) is 1.90. The molecule has 0 atom stereocenters. The van der Waals surface area contributed by atoms with Crippen LogP contribution in [0.2, 0.25) is 0 Å². The fourth-order valence-electron chi connectivity index (χ4n) is 2.01. The van der Waals surface area contributed by atoms with E-state index in [9.17, 15) is 4.79 Å². The van der Waals surface area contributed by atoms with Gasteiger partial charge in [-0.3, -0.25) is 9.48 Å². The summed E-state index contributed by atoms with van der Waals surface area (Å²) in [6.45, 7) is 4.57. The third kappa shape index (κ3) is 2.68. The first-order valence-corrected chi connectivity index (χ1v) is 6.47. The minimum absolute atomic E-state index is 0.174. The van der Waals surface area contributed by atoms with Gasteiger partial charge in [0, 0.05) is 18.8 Å². The van der Waals surface area contributed by atoms with Gasteiger partial charge in [0.1, 0.15) is 6.54 Å². The molecule has 1 aromatic rings. The first-order valence-electron chi connectivity index (χ1n) is 6.47. The molecule has 4 nitrogen and oxygen atoms in total. The van der Waals surface area contributed by atoms with Gasteiger partial charge in [0.15, 0.2) is 0 Å². The van der Waals surface area contributed by atoms with Gasteiger partial charge in [0.25, 0.3) is 0 Å². The van der Waals surface area contributed by atoms with Crippen molar-refractivity contribution in [3.05, 3.63) is 17.5 Å². The predicted molar refractivity (Wildman–Crippen MR) is 66.8 cm³/mol. The molecule has 0 spiro atoms. The predicted octanol–water partition coefficient (Wildman–Crippen LogP) is 1.63. The average Bonchev–Trinajstić information content (AvgIpc) is 3.10. The minimum Gasteiger partial charge on any atom is -0.341 e. The summed E-state index contributed by atoms with van der Waals surface area (Å²) in [5.74, 6) is 0.174. The van der Waals surface area contributed by atoms with E-state index in [-0.39, 0.29) is 5.91 Å². The zero-order valence-electron chi connectivity index (χ0n) is 10.9. The molecule has 1 aromatic heterocycles. The molecule has 94 valence electrons. The number of rotatable bonds is 5. The van der Waals surface area contributed by atoms with Gasteiger partial charge in [0.2, 0.25) is 5.91 Å². The van der Waals surface area contributed by atoms with Crippen molar-refractivity contribution in [2.24, 2.45) is 0 Å². The van der Waals surface area contributed by atoms with Crippen molar-refractivity contribution >= 4 is 5.91 Å². The van der Waals surface area contributed by atoms with Crippen LogP contribution in [0.5, 0.6) is 0 Å². The second-order valence-corrected chi connectivity index (χ2v) is 4.73. The van der Waals surface area contributed by atoms with Gasteiger partial charge < -0.3 is 4.90 Å². The monoisotopic (exact) mass is 235 g/mol. The molecule has 0 aliphatic heterocycles. The summed E-state index contributed by atoms with van der Waals surface area (Å²) in [6, 6.07) is 2.58. The van der Waals surface area contributed by atoms with Crippen LogP contribution in [0.15, 0.2) is 6.07 Å². The lowest BCUT2D eigenvalue weighted by atomic mass is 10.2. The molecule has 1 aliphatic carbocycles. The van der Waals surface area contributed by atoms with E-state index in [4.69, 9.17) is 0 Å². The Hall–Kier alpha value is -1.32. The Kier molecular flexibility index (Phi) is 3.50. The average molecular weight is 235 g/mol. The van der Waals surface area contributed by atoms with Crippen LogP contribution in [0.25, 0.3) is 0 Å². The molecule has 1 fully saturated rings. The quantitative estimate of drug-likeness (QED) is 0.778. The third-order valence-electron chi connectivity index (χ3n) is 3.41. The lowest BCUT2D eigenvalue weighted by Gasteiger charge is -2.16. The highest BCUT2D eigenvalue weighted by atomic mass is 16.2. The molecule has 1 aliphatic rings. The van der Waals surface area contributed by atoms with Crippen LogP contribution in [-0.2, 0) is 24.2 Å². The maximum Gasteiger partial charge on any atom is 0.244 e. The number of hydrogen-bond acceptors (Lipinski definition) is 2. The maximum atomic E-state index is 12.0. The van der Waals surface area contributed by atoms with E-state index in [1.165, 1.54) is 0 Å². The van der Waals surface area contributed by atoms with Gasteiger partial charge in [-0.2, -0.15) is 5.10 Å². The van der Waals surface area contributed by atoms with Gasteiger partial charge >= 0.3 is 0 Å². The number of hydrogen-bond donors (Lipinski definition) is 0. The third-order valence-corrected chi connectivity index (χ3v) is 3.41. The molecule has 0 radical (unpaired) electrons. The molecule has 0 saturated heterocycles. The second-order valence-electron chi connectivity index (χ2n) is 4.73. The number of aryl methyl sites for hydroxylation is 2. The summed E-state index contributed by atoms with van der Waals surface area (Å²) in [5.41, 5.74) is 2.23. The molecule has 0 aromatic carbocycles. The van der Waals surface area contributed by atoms with Crippen LogP contribution >= 0.6 is 0 Å². The van der Waals surface area contributed by atoms with E-state index < -0.39 is 0 Å². The molecule has 1 saturated carbocycles. The second kappa shape index (κ2) is 4.90. The van der Waals surface area contributed by atoms with Crippen molar-refractivity contribution in [1.29, 1.82) is 0 Å². The van der Waals surface area contributed by atoms with Gasteiger partial charge in [-0.15, -0.1) is 0 Å². The van der Waals surface area contributed by atoms with Gasteiger partial charge in [-0.25, -0.2) is 0 Å². The SMILES string of the molecule is CCc1cc(CC)n(CC(=O)N(C)C2CC2)n1. The van der Waals surface area contributed by atoms with Crippen molar-refractivity contribution in [1.82, 2.24) is 14.7 Å². The zero-order valence-corrected chi connectivity index (χ0v) is 10.9. The number of amides is 1. The maximum absolute atomic E-state index is 12.0. The van der Waals surface area contributed by atoms with E-state index in [2.05, 4.69) is 25.0 Å². The van der Waals surface area contributed by atoms with E-state index >= 15 is 0 Å². The van der Waals surface area contributed by atoms with E-state index in [1.807, 2.05) is 16.6 Å². The summed E-state index contributed by atoms with van der Waals surface area (Å²) in [6.07, 6.45) is 4.16. The van der Waals surface area contributed by atoms with Crippen molar-refractivity contribution in [2.45, 2.75) is 52.1 Å².